The van der Waals surface area contributed by atoms with Gasteiger partial charge in [0.05, 0.1) is 0 Å². The number of anilines is 1. The molecule has 21 heavy (non-hydrogen) atoms. The van der Waals surface area contributed by atoms with Crippen LogP contribution in [0.25, 0.3) is 11.4 Å². The van der Waals surface area contributed by atoms with Crippen LogP contribution in [-0.4, -0.2) is 33.7 Å². The second-order valence-electron chi connectivity index (χ2n) is 5.30. The van der Waals surface area contributed by atoms with E-state index in [1.807, 2.05) is 12.1 Å². The number of nitrogens with zero attached hydrogens (tertiary/aromatic N) is 3. The molecule has 106 valence electrons. The maximum atomic E-state index is 11.6. The number of H-pyrrole nitrogens is 1. The molecule has 0 spiro atoms. The average molecular weight is 283 g/mol. The van der Waals surface area contributed by atoms with E-state index in [2.05, 4.69) is 20.5 Å². The normalized spacial score (nSPS) is 18.2. The van der Waals surface area contributed by atoms with E-state index in [4.69, 9.17) is 0 Å². The lowest BCUT2D eigenvalue weighted by Gasteiger charge is -2.12. The Labute approximate surface area is 120 Å². The monoisotopic (exact) mass is 283 g/mol. The molecule has 1 aliphatic carbocycles. The van der Waals surface area contributed by atoms with Crippen LogP contribution in [0.2, 0.25) is 0 Å². The minimum atomic E-state index is -0.387. The zero-order valence-electron chi connectivity index (χ0n) is 11.2. The van der Waals surface area contributed by atoms with E-state index in [1.54, 1.807) is 12.1 Å². The summed E-state index contributed by atoms with van der Waals surface area (Å²) in [5, 5.41) is 9.44. The van der Waals surface area contributed by atoms with Crippen LogP contribution in [-0.2, 0) is 4.79 Å². The summed E-state index contributed by atoms with van der Waals surface area (Å²) in [5.41, 5.74) is 1.56. The molecule has 0 radical (unpaired) electrons. The minimum Gasteiger partial charge on any atom is -0.285 e. The number of rotatable bonds is 3. The first-order chi connectivity index (χ1) is 10.2. The van der Waals surface area contributed by atoms with Crippen molar-refractivity contribution in [3.63, 3.8) is 0 Å². The molecular formula is C14H13N5O2. The number of hydrogen-bond donors (Lipinski definition) is 2. The van der Waals surface area contributed by atoms with Crippen molar-refractivity contribution in [2.24, 2.45) is 0 Å². The second kappa shape index (κ2) is 4.41. The number of nitrogens with one attached hydrogen (secondary N) is 2. The Bertz CT molecular complexity index is 717. The van der Waals surface area contributed by atoms with E-state index in [-0.39, 0.29) is 18.5 Å². The van der Waals surface area contributed by atoms with Crippen LogP contribution in [0.5, 0.6) is 0 Å². The van der Waals surface area contributed by atoms with Gasteiger partial charge in [-0.2, -0.15) is 5.10 Å². The van der Waals surface area contributed by atoms with Crippen molar-refractivity contribution in [1.82, 2.24) is 20.5 Å². The van der Waals surface area contributed by atoms with Crippen LogP contribution in [0.1, 0.15) is 24.6 Å². The highest BCUT2D eigenvalue weighted by atomic mass is 16.2. The molecule has 1 aromatic heterocycles. The molecule has 2 aromatic rings. The lowest BCUT2D eigenvalue weighted by atomic mass is 10.2. The molecule has 3 amide bonds. The molecule has 1 aromatic carbocycles. The summed E-state index contributed by atoms with van der Waals surface area (Å²) in [6.07, 6.45) is 2.34. The van der Waals surface area contributed by atoms with Crippen molar-refractivity contribution < 1.29 is 9.59 Å². The number of urea groups is 1. The third-order valence-electron chi connectivity index (χ3n) is 3.70. The highest BCUT2D eigenvalue weighted by molar-refractivity contribution is 6.12. The average Bonchev–Trinajstić information content (AvgIpc) is 3.12. The SMILES string of the molecule is O=C1CN(c2ccc(-c3n[nH]c(C4CC4)n3)cc2)C(=O)N1. The Kier molecular flexibility index (Phi) is 2.53. The summed E-state index contributed by atoms with van der Waals surface area (Å²) in [7, 11) is 0. The fraction of sp³-hybridized carbons (Fsp3) is 0.286. The van der Waals surface area contributed by atoms with E-state index in [0.717, 1.165) is 11.4 Å². The molecule has 1 saturated carbocycles. The summed E-state index contributed by atoms with van der Waals surface area (Å²) < 4.78 is 0. The zero-order chi connectivity index (χ0) is 14.4. The lowest BCUT2D eigenvalue weighted by molar-refractivity contribution is -0.117. The van der Waals surface area contributed by atoms with Crippen LogP contribution < -0.4 is 10.2 Å². The lowest BCUT2D eigenvalue weighted by Crippen LogP contribution is -2.27. The molecule has 2 aliphatic rings. The van der Waals surface area contributed by atoms with Gasteiger partial charge in [-0.25, -0.2) is 9.78 Å². The zero-order valence-corrected chi connectivity index (χ0v) is 11.2. The smallest absolute Gasteiger partial charge is 0.285 e. The van der Waals surface area contributed by atoms with Crippen LogP contribution in [0.4, 0.5) is 10.5 Å². The molecule has 0 unspecified atom stereocenters. The number of aromatic amines is 1. The number of carbonyl (C=O) groups is 2. The van der Waals surface area contributed by atoms with Gasteiger partial charge < -0.3 is 0 Å². The number of benzene rings is 1. The van der Waals surface area contributed by atoms with Gasteiger partial charge in [0.1, 0.15) is 12.4 Å². The molecule has 1 saturated heterocycles. The molecule has 7 heteroatoms. The number of amides is 3. The summed E-state index contributed by atoms with van der Waals surface area (Å²) in [5.74, 6) is 1.85. The summed E-state index contributed by atoms with van der Waals surface area (Å²) in [6, 6.07) is 6.90. The summed E-state index contributed by atoms with van der Waals surface area (Å²) in [4.78, 5) is 28.7. The Morgan fingerprint density at radius 3 is 2.52 bits per heavy atom. The maximum Gasteiger partial charge on any atom is 0.329 e. The first-order valence-corrected chi connectivity index (χ1v) is 6.85. The van der Waals surface area contributed by atoms with Gasteiger partial charge in [0.25, 0.3) is 0 Å². The number of imide groups is 1. The van der Waals surface area contributed by atoms with E-state index in [9.17, 15) is 9.59 Å². The molecule has 1 aliphatic heterocycles. The Hall–Kier alpha value is -2.70. The van der Waals surface area contributed by atoms with E-state index in [1.165, 1.54) is 17.7 Å². The van der Waals surface area contributed by atoms with Gasteiger partial charge in [-0.05, 0) is 37.1 Å². The second-order valence-corrected chi connectivity index (χ2v) is 5.30. The molecule has 7 nitrogen and oxygen atoms in total. The van der Waals surface area contributed by atoms with Crippen LogP contribution in [0.3, 0.4) is 0 Å². The van der Waals surface area contributed by atoms with Gasteiger partial charge in [-0.1, -0.05) is 0 Å². The first-order valence-electron chi connectivity index (χ1n) is 6.85. The number of hydrogen-bond acceptors (Lipinski definition) is 4. The van der Waals surface area contributed by atoms with Crippen molar-refractivity contribution in [1.29, 1.82) is 0 Å². The fourth-order valence-corrected chi connectivity index (χ4v) is 2.38. The number of aromatic nitrogens is 3. The third kappa shape index (κ3) is 2.16. The Morgan fingerprint density at radius 1 is 1.14 bits per heavy atom. The fourth-order valence-electron chi connectivity index (χ4n) is 2.38. The van der Waals surface area contributed by atoms with Crippen LogP contribution in [0.15, 0.2) is 24.3 Å². The maximum absolute atomic E-state index is 11.6. The van der Waals surface area contributed by atoms with Gasteiger partial charge in [-0.3, -0.25) is 20.1 Å². The predicted octanol–water partition coefficient (Wildman–Crippen LogP) is 1.41. The molecule has 4 rings (SSSR count). The summed E-state index contributed by atoms with van der Waals surface area (Å²) >= 11 is 0. The first kappa shape index (κ1) is 12.1. The molecule has 0 atom stereocenters. The standard InChI is InChI=1S/C14H13N5O2/c20-11-7-19(14(21)15-11)10-5-3-9(4-6-10)13-16-12(17-18-13)8-1-2-8/h3-6,8H,1-2,7H2,(H,15,20,21)(H,16,17,18). The van der Waals surface area contributed by atoms with Gasteiger partial charge in [-0.15, -0.1) is 0 Å². The van der Waals surface area contributed by atoms with Crippen molar-refractivity contribution in [3.05, 3.63) is 30.1 Å². The largest absolute Gasteiger partial charge is 0.329 e. The van der Waals surface area contributed by atoms with Gasteiger partial charge in [0.15, 0.2) is 5.82 Å². The van der Waals surface area contributed by atoms with Crippen molar-refractivity contribution in [3.8, 4) is 11.4 Å². The Morgan fingerprint density at radius 2 is 1.90 bits per heavy atom. The molecular weight excluding hydrogens is 270 g/mol. The quantitative estimate of drug-likeness (QED) is 0.833. The number of carbonyl (C=O) groups excluding carboxylic acids is 2. The van der Waals surface area contributed by atoms with Gasteiger partial charge in [0, 0.05) is 17.2 Å². The molecule has 2 fully saturated rings. The predicted molar refractivity (Wildman–Crippen MR) is 74.7 cm³/mol. The summed E-state index contributed by atoms with van der Waals surface area (Å²) in [6.45, 7) is 0.0602. The third-order valence-corrected chi connectivity index (χ3v) is 3.70. The van der Waals surface area contributed by atoms with E-state index >= 15 is 0 Å². The topological polar surface area (TPSA) is 91.0 Å². The van der Waals surface area contributed by atoms with E-state index in [0.29, 0.717) is 17.4 Å². The molecule has 2 N–H and O–H groups in total. The van der Waals surface area contributed by atoms with Gasteiger partial charge in [0.2, 0.25) is 5.91 Å². The van der Waals surface area contributed by atoms with E-state index < -0.39 is 0 Å². The Balaban J connectivity index is 1.57. The highest BCUT2D eigenvalue weighted by Crippen LogP contribution is 2.38. The highest BCUT2D eigenvalue weighted by Gasteiger charge is 2.28. The van der Waals surface area contributed by atoms with Crippen molar-refractivity contribution in [2.45, 2.75) is 18.8 Å². The van der Waals surface area contributed by atoms with Crippen molar-refractivity contribution in [2.75, 3.05) is 11.4 Å². The van der Waals surface area contributed by atoms with Crippen LogP contribution in [0, 0.1) is 0 Å². The van der Waals surface area contributed by atoms with Gasteiger partial charge >= 0.3 is 6.03 Å². The van der Waals surface area contributed by atoms with Crippen LogP contribution >= 0.6 is 0 Å². The molecule has 2 heterocycles. The minimum absolute atomic E-state index is 0.0602. The molecule has 0 bridgehead atoms. The van der Waals surface area contributed by atoms with Crippen molar-refractivity contribution >= 4 is 17.6 Å².